The van der Waals surface area contributed by atoms with Gasteiger partial charge in [0.1, 0.15) is 12.1 Å². The molecule has 2 saturated heterocycles. The van der Waals surface area contributed by atoms with Crippen LogP contribution >= 0.6 is 24.0 Å². The van der Waals surface area contributed by atoms with E-state index in [1.165, 1.54) is 5.01 Å². The molecule has 2 N–H and O–H groups in total. The van der Waals surface area contributed by atoms with Gasteiger partial charge in [-0.2, -0.15) is 12.6 Å². The van der Waals surface area contributed by atoms with E-state index in [-0.39, 0.29) is 11.8 Å². The van der Waals surface area contributed by atoms with Crippen molar-refractivity contribution >= 4 is 41.7 Å². The number of nitrogens with zero attached hydrogens (tertiary/aromatic N) is 2. The number of hydrogen-bond donors (Lipinski definition) is 3. The van der Waals surface area contributed by atoms with Crippen molar-refractivity contribution in [3.8, 4) is 0 Å². The first-order chi connectivity index (χ1) is 12.5. The minimum atomic E-state index is -1.00. The maximum Gasteiger partial charge on any atom is 0.328 e. The van der Waals surface area contributed by atoms with Crippen LogP contribution in [0.1, 0.15) is 30.6 Å². The van der Waals surface area contributed by atoms with Crippen molar-refractivity contribution in [3.05, 3.63) is 22.4 Å². The Balaban J connectivity index is 1.68. The lowest BCUT2D eigenvalue weighted by molar-refractivity contribution is -0.174. The van der Waals surface area contributed by atoms with Gasteiger partial charge in [-0.3, -0.25) is 14.6 Å². The summed E-state index contributed by atoms with van der Waals surface area (Å²) in [5.74, 6) is -1.63. The van der Waals surface area contributed by atoms with Crippen molar-refractivity contribution in [1.82, 2.24) is 15.3 Å². The van der Waals surface area contributed by atoms with Gasteiger partial charge in [-0.25, -0.2) is 9.80 Å². The maximum absolute atomic E-state index is 13.0. The second-order valence-electron chi connectivity index (χ2n) is 6.64. The highest BCUT2D eigenvalue weighted by atomic mass is 32.1. The standard InChI is InChI=1S/C17H23N3O4S2/c21-15(14(25)10-11-4-3-9-26-11)18-12-5-1-7-19-8-2-6-13(17(23)24)20(19)16(12)22/h3-4,9,12-14,25H,1-2,5-8,10H2,(H,18,21)(H,23,24)/t12-,13-,14-/m0/s1. The molecule has 26 heavy (non-hydrogen) atoms. The Morgan fingerprint density at radius 3 is 2.73 bits per heavy atom. The van der Waals surface area contributed by atoms with Gasteiger partial charge in [-0.15, -0.1) is 11.3 Å². The van der Waals surface area contributed by atoms with Crippen molar-refractivity contribution < 1.29 is 19.5 Å². The summed E-state index contributed by atoms with van der Waals surface area (Å²) < 4.78 is 0. The number of nitrogens with one attached hydrogen (secondary N) is 1. The summed E-state index contributed by atoms with van der Waals surface area (Å²) in [6.07, 6.45) is 2.91. The Bertz CT molecular complexity index is 667. The zero-order valence-corrected chi connectivity index (χ0v) is 16.0. The lowest BCUT2D eigenvalue weighted by Crippen LogP contribution is -2.61. The van der Waals surface area contributed by atoms with E-state index in [1.807, 2.05) is 22.5 Å². The summed E-state index contributed by atoms with van der Waals surface area (Å²) in [6.45, 7) is 1.30. The van der Waals surface area contributed by atoms with Crippen LogP contribution < -0.4 is 5.32 Å². The number of aliphatic carboxylic acids is 1. The molecule has 9 heteroatoms. The van der Waals surface area contributed by atoms with E-state index in [4.69, 9.17) is 0 Å². The molecule has 3 heterocycles. The van der Waals surface area contributed by atoms with E-state index in [0.29, 0.717) is 32.4 Å². The maximum atomic E-state index is 13.0. The van der Waals surface area contributed by atoms with E-state index in [2.05, 4.69) is 17.9 Å². The summed E-state index contributed by atoms with van der Waals surface area (Å²) in [5, 5.41) is 16.8. The molecule has 0 aliphatic carbocycles. The van der Waals surface area contributed by atoms with Gasteiger partial charge < -0.3 is 10.4 Å². The van der Waals surface area contributed by atoms with Crippen LogP contribution in [0.5, 0.6) is 0 Å². The van der Waals surface area contributed by atoms with Crippen LogP contribution in [0, 0.1) is 0 Å². The van der Waals surface area contributed by atoms with Gasteiger partial charge in [0.05, 0.1) is 5.25 Å². The molecule has 142 valence electrons. The molecule has 2 aliphatic heterocycles. The van der Waals surface area contributed by atoms with E-state index in [9.17, 15) is 19.5 Å². The van der Waals surface area contributed by atoms with Crippen LogP contribution in [0.2, 0.25) is 0 Å². The van der Waals surface area contributed by atoms with E-state index in [1.54, 1.807) is 11.3 Å². The van der Waals surface area contributed by atoms with Crippen molar-refractivity contribution in [2.75, 3.05) is 13.1 Å². The minimum absolute atomic E-state index is 0.294. The van der Waals surface area contributed by atoms with Gasteiger partial charge in [0.15, 0.2) is 0 Å². The highest BCUT2D eigenvalue weighted by Gasteiger charge is 2.42. The molecular formula is C17H23N3O4S2. The molecule has 0 spiro atoms. The van der Waals surface area contributed by atoms with E-state index < -0.39 is 23.3 Å². The summed E-state index contributed by atoms with van der Waals surface area (Å²) in [6, 6.07) is 2.31. The first-order valence-electron chi connectivity index (χ1n) is 8.79. The van der Waals surface area contributed by atoms with Gasteiger partial charge in [-0.1, -0.05) is 6.07 Å². The van der Waals surface area contributed by atoms with Crippen molar-refractivity contribution in [2.45, 2.75) is 49.4 Å². The molecule has 2 amide bonds. The Morgan fingerprint density at radius 2 is 2.08 bits per heavy atom. The Labute approximate surface area is 161 Å². The normalized spacial score (nSPS) is 25.3. The Morgan fingerprint density at radius 1 is 1.35 bits per heavy atom. The first-order valence-corrected chi connectivity index (χ1v) is 10.2. The van der Waals surface area contributed by atoms with E-state index >= 15 is 0 Å². The van der Waals surface area contributed by atoms with Crippen LogP contribution in [0.4, 0.5) is 0 Å². The number of fused-ring (bicyclic) bond motifs is 1. The number of amides is 2. The van der Waals surface area contributed by atoms with Crippen molar-refractivity contribution in [1.29, 1.82) is 0 Å². The summed E-state index contributed by atoms with van der Waals surface area (Å²) in [4.78, 5) is 38.1. The molecule has 3 atom stereocenters. The molecule has 0 aromatic carbocycles. The average molecular weight is 398 g/mol. The second-order valence-corrected chi connectivity index (χ2v) is 8.29. The zero-order valence-electron chi connectivity index (χ0n) is 14.3. The number of carboxylic acids is 1. The van der Waals surface area contributed by atoms with Gasteiger partial charge in [0.25, 0.3) is 5.91 Å². The van der Waals surface area contributed by atoms with Gasteiger partial charge in [0.2, 0.25) is 5.91 Å². The number of thiol groups is 1. The molecule has 3 rings (SSSR count). The fourth-order valence-corrected chi connectivity index (χ4v) is 4.66. The molecule has 1 aromatic heterocycles. The number of carbonyl (C=O) groups excluding carboxylic acids is 2. The zero-order chi connectivity index (χ0) is 18.7. The summed E-state index contributed by atoms with van der Waals surface area (Å²) in [7, 11) is 0. The van der Waals surface area contributed by atoms with Crippen LogP contribution in [0.25, 0.3) is 0 Å². The van der Waals surface area contributed by atoms with Crippen LogP contribution in [0.3, 0.4) is 0 Å². The predicted molar refractivity (Wildman–Crippen MR) is 101 cm³/mol. The number of hydrazine groups is 1. The molecule has 1 aromatic rings. The quantitative estimate of drug-likeness (QED) is 0.649. The van der Waals surface area contributed by atoms with Crippen LogP contribution in [-0.2, 0) is 20.8 Å². The third-order valence-electron chi connectivity index (χ3n) is 4.81. The molecule has 2 fully saturated rings. The largest absolute Gasteiger partial charge is 0.480 e. The molecule has 2 aliphatic rings. The lowest BCUT2D eigenvalue weighted by atomic mass is 10.1. The third-order valence-corrected chi connectivity index (χ3v) is 6.12. The molecule has 0 saturated carbocycles. The number of carbonyl (C=O) groups is 3. The Hall–Kier alpha value is -1.58. The topological polar surface area (TPSA) is 89.9 Å². The predicted octanol–water partition coefficient (Wildman–Crippen LogP) is 1.16. The number of carboxylic acid groups (broad SMARTS) is 1. The number of thiophene rings is 1. The monoisotopic (exact) mass is 397 g/mol. The van der Waals surface area contributed by atoms with Crippen LogP contribution in [0.15, 0.2) is 17.5 Å². The van der Waals surface area contributed by atoms with E-state index in [0.717, 1.165) is 17.7 Å². The number of rotatable bonds is 5. The van der Waals surface area contributed by atoms with Crippen molar-refractivity contribution in [2.24, 2.45) is 0 Å². The van der Waals surface area contributed by atoms with Gasteiger partial charge in [0, 0.05) is 24.4 Å². The fourth-order valence-electron chi connectivity index (χ4n) is 3.51. The molecule has 7 nitrogen and oxygen atoms in total. The average Bonchev–Trinajstić information content (AvgIpc) is 3.07. The highest BCUT2D eigenvalue weighted by Crippen LogP contribution is 2.24. The second kappa shape index (κ2) is 8.41. The molecule has 0 unspecified atom stereocenters. The third kappa shape index (κ3) is 4.21. The first kappa shape index (κ1) is 19.2. The smallest absolute Gasteiger partial charge is 0.328 e. The van der Waals surface area contributed by atoms with Crippen LogP contribution in [-0.4, -0.2) is 63.3 Å². The van der Waals surface area contributed by atoms with Gasteiger partial charge in [-0.05, 0) is 37.1 Å². The molecular weight excluding hydrogens is 374 g/mol. The van der Waals surface area contributed by atoms with Gasteiger partial charge >= 0.3 is 5.97 Å². The number of hydrogen-bond acceptors (Lipinski definition) is 6. The highest BCUT2D eigenvalue weighted by molar-refractivity contribution is 7.81. The molecule has 0 radical (unpaired) electrons. The molecule has 0 bridgehead atoms. The lowest BCUT2D eigenvalue weighted by Gasteiger charge is -2.42. The fraction of sp³-hybridized carbons (Fsp3) is 0.588. The Kier molecular flexibility index (Phi) is 6.20. The van der Waals surface area contributed by atoms with Crippen molar-refractivity contribution in [3.63, 3.8) is 0 Å². The minimum Gasteiger partial charge on any atom is -0.480 e. The summed E-state index contributed by atoms with van der Waals surface area (Å²) in [5.41, 5.74) is 0. The summed E-state index contributed by atoms with van der Waals surface area (Å²) >= 11 is 5.94. The SMILES string of the molecule is O=C(N[C@H]1CCCN2CCC[C@@H](C(=O)O)N2C1=O)[C@@H](S)Cc1cccs1.